The van der Waals surface area contributed by atoms with Crippen molar-refractivity contribution < 1.29 is 0 Å². The van der Waals surface area contributed by atoms with Crippen molar-refractivity contribution in [3.63, 3.8) is 0 Å². The summed E-state index contributed by atoms with van der Waals surface area (Å²) in [7, 11) is 0. The van der Waals surface area contributed by atoms with Gasteiger partial charge in [0.1, 0.15) is 0 Å². The molecule has 8 rings (SSSR count). The molecule has 0 spiro atoms. The highest BCUT2D eigenvalue weighted by molar-refractivity contribution is 6.07. The minimum Gasteiger partial charge on any atom is -0.311 e. The summed E-state index contributed by atoms with van der Waals surface area (Å²) in [5, 5.41) is 5.16. The Kier molecular flexibility index (Phi) is 7.59. The van der Waals surface area contributed by atoms with E-state index in [1.54, 1.807) is 0 Å². The summed E-state index contributed by atoms with van der Waals surface area (Å²) < 4.78 is 0. The second-order valence-electron chi connectivity index (χ2n) is 13.1. The lowest BCUT2D eigenvalue weighted by atomic mass is 9.77. The molecule has 0 radical (unpaired) electrons. The lowest BCUT2D eigenvalue weighted by molar-refractivity contribution is 0.642. The largest absolute Gasteiger partial charge is 0.311 e. The van der Waals surface area contributed by atoms with Gasteiger partial charge < -0.3 is 4.90 Å². The molecule has 0 saturated heterocycles. The number of rotatable bonds is 7. The molecular formula is C47H37N. The number of anilines is 3. The van der Waals surface area contributed by atoms with Crippen LogP contribution in [0.1, 0.15) is 25.0 Å². The van der Waals surface area contributed by atoms with Crippen LogP contribution in [0.2, 0.25) is 0 Å². The van der Waals surface area contributed by atoms with E-state index in [-0.39, 0.29) is 5.41 Å². The van der Waals surface area contributed by atoms with Gasteiger partial charge in [-0.3, -0.25) is 0 Å². The lowest BCUT2D eigenvalue weighted by Gasteiger charge is -2.29. The van der Waals surface area contributed by atoms with Gasteiger partial charge in [-0.1, -0.05) is 166 Å². The summed E-state index contributed by atoms with van der Waals surface area (Å²) in [6.45, 7) is 4.65. The van der Waals surface area contributed by atoms with Gasteiger partial charge in [-0.25, -0.2) is 0 Å². The van der Waals surface area contributed by atoms with E-state index in [0.29, 0.717) is 0 Å². The van der Waals surface area contributed by atoms with Gasteiger partial charge in [0.25, 0.3) is 0 Å². The third kappa shape index (κ3) is 5.54. The van der Waals surface area contributed by atoms with Crippen LogP contribution >= 0.6 is 0 Å². The average Bonchev–Trinajstić information content (AvgIpc) is 3.16. The maximum Gasteiger partial charge on any atom is 0.0462 e. The van der Waals surface area contributed by atoms with E-state index in [0.717, 1.165) is 17.1 Å². The molecule has 0 amide bonds. The van der Waals surface area contributed by atoms with E-state index in [2.05, 4.69) is 207 Å². The van der Waals surface area contributed by atoms with Crippen LogP contribution in [0.25, 0.3) is 43.8 Å². The van der Waals surface area contributed by atoms with Gasteiger partial charge in [0.15, 0.2) is 0 Å². The number of hydrogen-bond acceptors (Lipinski definition) is 1. The van der Waals surface area contributed by atoms with Crippen molar-refractivity contribution in [1.82, 2.24) is 0 Å². The Hall–Kier alpha value is -5.92. The zero-order valence-electron chi connectivity index (χ0n) is 27.3. The molecule has 0 atom stereocenters. The second-order valence-corrected chi connectivity index (χ2v) is 13.1. The first-order valence-corrected chi connectivity index (χ1v) is 16.7. The molecule has 0 aliphatic carbocycles. The summed E-state index contributed by atoms with van der Waals surface area (Å²) in [6.07, 6.45) is 0. The molecule has 1 nitrogen and oxygen atoms in total. The van der Waals surface area contributed by atoms with Gasteiger partial charge in [-0.15, -0.1) is 0 Å². The van der Waals surface area contributed by atoms with Gasteiger partial charge >= 0.3 is 0 Å². The molecule has 230 valence electrons. The molecule has 0 bridgehead atoms. The molecule has 8 aromatic carbocycles. The van der Waals surface area contributed by atoms with Crippen molar-refractivity contribution in [1.29, 1.82) is 0 Å². The van der Waals surface area contributed by atoms with Gasteiger partial charge in [0.05, 0.1) is 0 Å². The standard InChI is InChI=1S/C47H37N/c1-47(2,41-25-32-46-39(33-41)18-17-38-15-9-10-16-45(38)46)40-23-30-44(31-24-40)48(42-26-19-36(20-27-42)34-11-5-3-6-12-34)43-28-21-37(22-29-43)35-13-7-4-8-14-35/h3-33H,1-2H3. The molecule has 0 fully saturated rings. The predicted octanol–water partition coefficient (Wildman–Crippen LogP) is 13.1. The van der Waals surface area contributed by atoms with E-state index < -0.39 is 0 Å². The van der Waals surface area contributed by atoms with Crippen LogP contribution in [-0.2, 0) is 5.41 Å². The second kappa shape index (κ2) is 12.4. The number of hydrogen-bond donors (Lipinski definition) is 0. The Bertz CT molecular complexity index is 2240. The maximum absolute atomic E-state index is 2.37. The summed E-state index contributed by atoms with van der Waals surface area (Å²) in [4.78, 5) is 2.35. The van der Waals surface area contributed by atoms with Crippen molar-refractivity contribution in [2.45, 2.75) is 19.3 Å². The minimum atomic E-state index is -0.169. The Balaban J connectivity index is 1.15. The van der Waals surface area contributed by atoms with Crippen molar-refractivity contribution in [3.8, 4) is 22.3 Å². The molecule has 1 heteroatoms. The van der Waals surface area contributed by atoms with Crippen molar-refractivity contribution in [2.24, 2.45) is 0 Å². The van der Waals surface area contributed by atoms with E-state index in [9.17, 15) is 0 Å². The fourth-order valence-electron chi connectivity index (χ4n) is 6.91. The third-order valence-electron chi connectivity index (χ3n) is 9.78. The summed E-state index contributed by atoms with van der Waals surface area (Å²) in [5.41, 5.74) is 10.6. The first-order valence-electron chi connectivity index (χ1n) is 16.7. The van der Waals surface area contributed by atoms with Crippen LogP contribution in [0.3, 0.4) is 0 Å². The molecule has 0 N–H and O–H groups in total. The normalized spacial score (nSPS) is 11.5. The number of fused-ring (bicyclic) bond motifs is 3. The monoisotopic (exact) mass is 615 g/mol. The molecule has 0 aliphatic heterocycles. The van der Waals surface area contributed by atoms with E-state index in [4.69, 9.17) is 0 Å². The van der Waals surface area contributed by atoms with Crippen molar-refractivity contribution in [3.05, 3.63) is 199 Å². The fraction of sp³-hybridized carbons (Fsp3) is 0.0638. The summed E-state index contributed by atoms with van der Waals surface area (Å²) in [5.74, 6) is 0. The molecule has 0 aromatic heterocycles. The SMILES string of the molecule is CC(C)(c1ccc(N(c2ccc(-c3ccccc3)cc2)c2ccc(-c3ccccc3)cc2)cc1)c1ccc2c(ccc3ccccc32)c1. The summed E-state index contributed by atoms with van der Waals surface area (Å²) in [6, 6.07) is 68.1. The van der Waals surface area contributed by atoms with Crippen molar-refractivity contribution in [2.75, 3.05) is 4.90 Å². The highest BCUT2D eigenvalue weighted by Crippen LogP contribution is 2.40. The first-order chi connectivity index (χ1) is 23.5. The molecular weight excluding hydrogens is 579 g/mol. The first kappa shape index (κ1) is 29.5. The van der Waals surface area contributed by atoms with Crippen LogP contribution in [-0.4, -0.2) is 0 Å². The van der Waals surface area contributed by atoms with Gasteiger partial charge in [0, 0.05) is 22.5 Å². The fourth-order valence-corrected chi connectivity index (χ4v) is 6.91. The minimum absolute atomic E-state index is 0.169. The topological polar surface area (TPSA) is 3.24 Å². The average molecular weight is 616 g/mol. The Labute approximate surface area is 283 Å². The Morgan fingerprint density at radius 1 is 0.333 bits per heavy atom. The van der Waals surface area contributed by atoms with Crippen LogP contribution < -0.4 is 4.90 Å². The molecule has 48 heavy (non-hydrogen) atoms. The quantitative estimate of drug-likeness (QED) is 0.161. The van der Waals surface area contributed by atoms with Crippen LogP contribution in [0, 0.1) is 0 Å². The Morgan fingerprint density at radius 2 is 0.750 bits per heavy atom. The number of nitrogens with zero attached hydrogens (tertiary/aromatic N) is 1. The third-order valence-corrected chi connectivity index (χ3v) is 9.78. The zero-order valence-corrected chi connectivity index (χ0v) is 27.3. The highest BCUT2D eigenvalue weighted by Gasteiger charge is 2.24. The predicted molar refractivity (Wildman–Crippen MR) is 206 cm³/mol. The lowest BCUT2D eigenvalue weighted by Crippen LogP contribution is -2.19. The van der Waals surface area contributed by atoms with E-state index >= 15 is 0 Å². The van der Waals surface area contributed by atoms with Crippen molar-refractivity contribution >= 4 is 38.6 Å². The molecule has 0 unspecified atom stereocenters. The van der Waals surface area contributed by atoms with Crippen LogP contribution in [0.15, 0.2) is 188 Å². The Morgan fingerprint density at radius 3 is 1.31 bits per heavy atom. The highest BCUT2D eigenvalue weighted by atomic mass is 15.1. The smallest absolute Gasteiger partial charge is 0.0462 e. The van der Waals surface area contributed by atoms with E-state index in [1.807, 2.05) is 0 Å². The maximum atomic E-state index is 2.37. The van der Waals surface area contributed by atoms with Crippen LogP contribution in [0.5, 0.6) is 0 Å². The molecule has 8 aromatic rings. The molecule has 0 heterocycles. The molecule has 0 aliphatic rings. The van der Waals surface area contributed by atoms with Crippen LogP contribution in [0.4, 0.5) is 17.1 Å². The van der Waals surface area contributed by atoms with E-state index in [1.165, 1.54) is 54.9 Å². The molecule has 0 saturated carbocycles. The van der Waals surface area contributed by atoms with Gasteiger partial charge in [-0.2, -0.15) is 0 Å². The zero-order chi connectivity index (χ0) is 32.5. The van der Waals surface area contributed by atoms with Gasteiger partial charge in [0.2, 0.25) is 0 Å². The summed E-state index contributed by atoms with van der Waals surface area (Å²) >= 11 is 0. The van der Waals surface area contributed by atoms with Gasteiger partial charge in [-0.05, 0) is 91.3 Å². The number of benzene rings is 8.